The number of rotatable bonds is 57. The monoisotopic (exact) mass is 1120 g/mol. The topological polar surface area (TPSA) is 108 Å². The van der Waals surface area contributed by atoms with Crippen molar-refractivity contribution in [3.8, 4) is 0 Å². The zero-order valence-corrected chi connectivity index (χ0v) is 52.1. The van der Waals surface area contributed by atoms with Gasteiger partial charge in [-0.15, -0.1) is 0 Å². The summed E-state index contributed by atoms with van der Waals surface area (Å²) in [6, 6.07) is 0. The number of carboxylic acid groups (broad SMARTS) is 1. The molecular formula is C72H118NO8+. The van der Waals surface area contributed by atoms with Gasteiger partial charge in [-0.25, -0.2) is 4.79 Å². The van der Waals surface area contributed by atoms with Gasteiger partial charge in [-0.05, 0) is 116 Å². The van der Waals surface area contributed by atoms with Crippen molar-refractivity contribution in [2.24, 2.45) is 0 Å². The van der Waals surface area contributed by atoms with E-state index in [2.05, 4.69) is 160 Å². The largest absolute Gasteiger partial charge is 0.477 e. The number of nitrogens with zero attached hydrogens (tertiary/aromatic N) is 1. The molecule has 9 heteroatoms. The van der Waals surface area contributed by atoms with Crippen molar-refractivity contribution in [2.75, 3.05) is 47.5 Å². The smallest absolute Gasteiger partial charge is 0.361 e. The number of allylic oxidation sites excluding steroid dienone is 24. The highest BCUT2D eigenvalue weighted by atomic mass is 16.7. The Morgan fingerprint density at radius 3 is 0.988 bits per heavy atom. The third-order valence-corrected chi connectivity index (χ3v) is 13.1. The molecule has 0 rings (SSSR count). The van der Waals surface area contributed by atoms with Gasteiger partial charge in [0.15, 0.2) is 6.10 Å². The van der Waals surface area contributed by atoms with Gasteiger partial charge in [-0.1, -0.05) is 250 Å². The molecule has 2 unspecified atom stereocenters. The quantitative estimate of drug-likeness (QED) is 0.0211. The molecule has 0 aliphatic heterocycles. The lowest BCUT2D eigenvalue weighted by Crippen LogP contribution is -2.40. The molecular weight excluding hydrogens is 1010 g/mol. The molecule has 0 radical (unpaired) electrons. The Labute approximate surface area is 496 Å². The van der Waals surface area contributed by atoms with Gasteiger partial charge in [0.1, 0.15) is 13.2 Å². The van der Waals surface area contributed by atoms with Gasteiger partial charge in [-0.3, -0.25) is 9.59 Å². The summed E-state index contributed by atoms with van der Waals surface area (Å²) in [4.78, 5) is 37.5. The first kappa shape index (κ1) is 76.2. The van der Waals surface area contributed by atoms with Gasteiger partial charge in [0.2, 0.25) is 0 Å². The van der Waals surface area contributed by atoms with Crippen LogP contribution in [-0.4, -0.2) is 87.4 Å². The molecule has 0 amide bonds. The summed E-state index contributed by atoms with van der Waals surface area (Å²) in [5, 5.41) is 9.73. The fourth-order valence-electron chi connectivity index (χ4n) is 8.26. The van der Waals surface area contributed by atoms with Crippen molar-refractivity contribution in [2.45, 2.75) is 245 Å². The predicted molar refractivity (Wildman–Crippen MR) is 345 cm³/mol. The highest BCUT2D eigenvalue weighted by molar-refractivity contribution is 5.71. The Morgan fingerprint density at radius 1 is 0.370 bits per heavy atom. The molecule has 0 aromatic rings. The van der Waals surface area contributed by atoms with Crippen LogP contribution in [0.25, 0.3) is 0 Å². The lowest BCUT2D eigenvalue weighted by molar-refractivity contribution is -0.870. The SMILES string of the molecule is CC/C=C\C/C=C\C/C=C\C/C=C\C/C=C\C/C=C\CCCCCCCCCCCCCCCCC(=O)OC(COC(=O)CCCCCC/C=C\C/C=C\C/C=C\C/C=C\C/C=C\C/C=C\CC)COC(OCC[N+](C)(C)C)C(=O)O. The molecule has 0 aromatic carbocycles. The minimum absolute atomic E-state index is 0.176. The number of carbonyl (C=O) groups is 3. The van der Waals surface area contributed by atoms with Crippen LogP contribution < -0.4 is 0 Å². The number of quaternary nitrogens is 1. The summed E-state index contributed by atoms with van der Waals surface area (Å²) < 4.78 is 22.9. The molecule has 0 bridgehead atoms. The zero-order valence-electron chi connectivity index (χ0n) is 52.1. The third kappa shape index (κ3) is 62.6. The third-order valence-electron chi connectivity index (χ3n) is 13.1. The Balaban J connectivity index is 4.23. The van der Waals surface area contributed by atoms with Gasteiger partial charge >= 0.3 is 17.9 Å². The second kappa shape index (κ2) is 61.2. The number of unbranched alkanes of at least 4 members (excludes halogenated alkanes) is 18. The van der Waals surface area contributed by atoms with E-state index in [1.807, 2.05) is 21.1 Å². The second-order valence-corrected chi connectivity index (χ2v) is 22.0. The summed E-state index contributed by atoms with van der Waals surface area (Å²) in [6.07, 6.45) is 86.5. The van der Waals surface area contributed by atoms with Gasteiger partial charge in [0.05, 0.1) is 34.4 Å². The molecule has 458 valence electrons. The van der Waals surface area contributed by atoms with E-state index < -0.39 is 24.3 Å². The van der Waals surface area contributed by atoms with Crippen LogP contribution in [-0.2, 0) is 33.3 Å². The average molecular weight is 1130 g/mol. The predicted octanol–water partition coefficient (Wildman–Crippen LogP) is 19.6. The van der Waals surface area contributed by atoms with E-state index >= 15 is 0 Å². The van der Waals surface area contributed by atoms with Crippen LogP contribution in [0.2, 0.25) is 0 Å². The summed E-state index contributed by atoms with van der Waals surface area (Å²) in [6.45, 7) is 4.61. The van der Waals surface area contributed by atoms with Crippen molar-refractivity contribution in [1.82, 2.24) is 0 Å². The fourth-order valence-corrected chi connectivity index (χ4v) is 8.26. The maximum Gasteiger partial charge on any atom is 0.361 e. The number of esters is 2. The molecule has 0 heterocycles. The van der Waals surface area contributed by atoms with Gasteiger partial charge in [0, 0.05) is 12.8 Å². The lowest BCUT2D eigenvalue weighted by Gasteiger charge is -2.25. The first-order chi connectivity index (χ1) is 39.6. The molecule has 81 heavy (non-hydrogen) atoms. The maximum absolute atomic E-state index is 12.9. The average Bonchev–Trinajstić information content (AvgIpc) is 3.44. The van der Waals surface area contributed by atoms with E-state index in [-0.39, 0.29) is 38.6 Å². The molecule has 0 spiro atoms. The van der Waals surface area contributed by atoms with E-state index in [1.54, 1.807) is 0 Å². The minimum atomic E-state index is -1.53. The highest BCUT2D eigenvalue weighted by Gasteiger charge is 2.25. The van der Waals surface area contributed by atoms with Crippen LogP contribution in [0.1, 0.15) is 232 Å². The van der Waals surface area contributed by atoms with Crippen LogP contribution >= 0.6 is 0 Å². The Morgan fingerprint density at radius 2 is 0.667 bits per heavy atom. The molecule has 0 saturated carbocycles. The summed E-state index contributed by atoms with van der Waals surface area (Å²) in [7, 11) is 5.95. The molecule has 9 nitrogen and oxygen atoms in total. The standard InChI is InChI=1S/C72H117NO8/c1-6-8-10-12-14-16-18-20-22-24-26-28-30-31-32-33-34-35-36-37-38-39-41-43-45-47-49-51-53-55-57-59-61-63-70(75)81-68(67-80-72(71(76)77)78-65-64-73(3,4)5)66-79-69(74)62-60-58-56-54-52-50-48-46-44-42-40-29-27-25-23-21-19-17-15-13-11-9-7-2/h8-11,14-17,20-23,26-29,31-32,34-35,42,44,48,50,68,72H,6-7,12-13,18-19,24-25,30,33,36-41,43,45-47,49,51-67H2,1-5H3/p+1/b10-8-,11-9-,16-14-,17-15-,22-20-,23-21-,28-26-,29-27-,32-31-,35-34-,44-42-,50-48-. The normalized spacial score (nSPS) is 13.7. The van der Waals surface area contributed by atoms with Crippen LogP contribution in [0.5, 0.6) is 0 Å². The van der Waals surface area contributed by atoms with Crippen LogP contribution in [0.3, 0.4) is 0 Å². The van der Waals surface area contributed by atoms with Crippen molar-refractivity contribution in [1.29, 1.82) is 0 Å². The number of hydrogen-bond donors (Lipinski definition) is 1. The molecule has 0 aromatic heterocycles. The summed E-state index contributed by atoms with van der Waals surface area (Å²) in [5.74, 6) is -2.05. The van der Waals surface area contributed by atoms with E-state index in [0.29, 0.717) is 23.9 Å². The molecule has 1 N–H and O–H groups in total. The molecule has 2 atom stereocenters. The highest BCUT2D eigenvalue weighted by Crippen LogP contribution is 2.15. The number of carboxylic acids is 1. The fraction of sp³-hybridized carbons (Fsp3) is 0.625. The van der Waals surface area contributed by atoms with E-state index in [9.17, 15) is 19.5 Å². The van der Waals surface area contributed by atoms with Crippen LogP contribution in [0, 0.1) is 0 Å². The van der Waals surface area contributed by atoms with Gasteiger partial charge in [0.25, 0.3) is 6.29 Å². The molecule has 0 saturated heterocycles. The summed E-state index contributed by atoms with van der Waals surface area (Å²) in [5.41, 5.74) is 0. The number of aliphatic carboxylic acids is 1. The van der Waals surface area contributed by atoms with Crippen molar-refractivity contribution < 1.29 is 42.9 Å². The van der Waals surface area contributed by atoms with E-state index in [0.717, 1.165) is 122 Å². The van der Waals surface area contributed by atoms with Crippen molar-refractivity contribution >= 4 is 17.9 Å². The lowest BCUT2D eigenvalue weighted by atomic mass is 10.0. The Kier molecular flexibility index (Phi) is 57.6. The maximum atomic E-state index is 12.9. The van der Waals surface area contributed by atoms with Crippen molar-refractivity contribution in [3.05, 3.63) is 146 Å². The minimum Gasteiger partial charge on any atom is -0.477 e. The van der Waals surface area contributed by atoms with E-state index in [1.165, 1.54) is 70.6 Å². The van der Waals surface area contributed by atoms with Gasteiger partial charge in [-0.2, -0.15) is 0 Å². The molecule has 0 fully saturated rings. The first-order valence-corrected chi connectivity index (χ1v) is 32.0. The Hall–Kier alpha value is -4.83. The number of ether oxygens (including phenoxy) is 4. The molecule has 0 aliphatic rings. The van der Waals surface area contributed by atoms with Crippen molar-refractivity contribution in [3.63, 3.8) is 0 Å². The number of carbonyl (C=O) groups excluding carboxylic acids is 2. The van der Waals surface area contributed by atoms with Crippen LogP contribution in [0.4, 0.5) is 0 Å². The number of hydrogen-bond acceptors (Lipinski definition) is 7. The molecule has 0 aliphatic carbocycles. The van der Waals surface area contributed by atoms with Crippen LogP contribution in [0.15, 0.2) is 146 Å². The zero-order chi connectivity index (χ0) is 59.1. The van der Waals surface area contributed by atoms with E-state index in [4.69, 9.17) is 18.9 Å². The Bertz CT molecular complexity index is 1840. The first-order valence-electron chi connectivity index (χ1n) is 32.0. The second-order valence-electron chi connectivity index (χ2n) is 22.0. The number of likely N-dealkylation sites (N-methyl/N-ethyl adjacent to an activating group) is 1. The van der Waals surface area contributed by atoms with Gasteiger partial charge < -0.3 is 28.5 Å². The summed E-state index contributed by atoms with van der Waals surface area (Å²) >= 11 is 0.